The fourth-order valence-electron chi connectivity index (χ4n) is 3.63. The fourth-order valence-corrected chi connectivity index (χ4v) is 3.63. The fraction of sp³-hybridized carbons (Fsp3) is 0.417. The van der Waals surface area contributed by atoms with Gasteiger partial charge in [-0.1, -0.05) is 32.0 Å². The molecule has 0 bridgehead atoms. The second kappa shape index (κ2) is 13.2. The largest absolute Gasteiger partial charge is 0.481 e. The number of carboxylic acids is 2. The first-order valence-electron chi connectivity index (χ1n) is 11.7. The van der Waals surface area contributed by atoms with Crippen LogP contribution in [0.25, 0.3) is 10.9 Å². The molecule has 4 amide bonds. The van der Waals surface area contributed by atoms with Gasteiger partial charge in [0.05, 0.1) is 18.9 Å². The lowest BCUT2D eigenvalue weighted by Crippen LogP contribution is -2.58. The Morgan fingerprint density at radius 2 is 1.45 bits per heavy atom. The van der Waals surface area contributed by atoms with Crippen molar-refractivity contribution in [2.24, 2.45) is 17.4 Å². The highest BCUT2D eigenvalue weighted by Crippen LogP contribution is 2.19. The van der Waals surface area contributed by atoms with Crippen LogP contribution in [-0.4, -0.2) is 74.9 Å². The topological polar surface area (TPSA) is 247 Å². The second-order valence-corrected chi connectivity index (χ2v) is 9.12. The van der Waals surface area contributed by atoms with Crippen molar-refractivity contribution in [2.75, 3.05) is 0 Å². The van der Waals surface area contributed by atoms with Gasteiger partial charge in [-0.05, 0) is 17.5 Å². The van der Waals surface area contributed by atoms with Crippen molar-refractivity contribution in [2.45, 2.75) is 57.3 Å². The number of aliphatic carboxylic acids is 2. The van der Waals surface area contributed by atoms with E-state index in [0.717, 1.165) is 10.9 Å². The maximum atomic E-state index is 13.1. The minimum atomic E-state index is -1.67. The molecule has 10 N–H and O–H groups in total. The molecule has 0 aliphatic rings. The van der Waals surface area contributed by atoms with E-state index in [9.17, 15) is 39.0 Å². The summed E-state index contributed by atoms with van der Waals surface area (Å²) in [5.41, 5.74) is 12.2. The van der Waals surface area contributed by atoms with Crippen molar-refractivity contribution >= 4 is 46.5 Å². The highest BCUT2D eigenvalue weighted by atomic mass is 16.4. The number of para-hydroxylation sites is 1. The van der Waals surface area contributed by atoms with Gasteiger partial charge in [0, 0.05) is 23.5 Å². The highest BCUT2D eigenvalue weighted by molar-refractivity contribution is 5.96. The molecule has 14 heteroatoms. The molecular formula is C24H32N6O8. The molecule has 0 spiro atoms. The maximum absolute atomic E-state index is 13.1. The Labute approximate surface area is 217 Å². The van der Waals surface area contributed by atoms with Gasteiger partial charge < -0.3 is 42.6 Å². The third-order valence-corrected chi connectivity index (χ3v) is 5.78. The minimum absolute atomic E-state index is 0.135. The van der Waals surface area contributed by atoms with E-state index in [1.807, 2.05) is 0 Å². The number of aromatic nitrogens is 1. The van der Waals surface area contributed by atoms with Gasteiger partial charge in [0.25, 0.3) is 0 Å². The number of hydrogen-bond donors (Lipinski definition) is 8. The van der Waals surface area contributed by atoms with Crippen molar-refractivity contribution in [3.05, 3.63) is 36.0 Å². The van der Waals surface area contributed by atoms with Crippen LogP contribution in [-0.2, 0) is 35.2 Å². The third-order valence-electron chi connectivity index (χ3n) is 5.78. The quantitative estimate of drug-likeness (QED) is 0.142. The van der Waals surface area contributed by atoms with Crippen LogP contribution in [0.15, 0.2) is 30.5 Å². The summed E-state index contributed by atoms with van der Waals surface area (Å²) in [6.07, 6.45) is -0.0278. The van der Waals surface area contributed by atoms with E-state index >= 15 is 0 Å². The van der Waals surface area contributed by atoms with Crippen LogP contribution in [0.4, 0.5) is 0 Å². The normalized spacial score (nSPS) is 14.2. The number of nitrogens with two attached hydrogens (primary N) is 2. The van der Waals surface area contributed by atoms with E-state index in [2.05, 4.69) is 20.9 Å². The monoisotopic (exact) mass is 532 g/mol. The van der Waals surface area contributed by atoms with Crippen LogP contribution in [0.3, 0.4) is 0 Å². The maximum Gasteiger partial charge on any atom is 0.326 e. The SMILES string of the molecule is CC(C)C(N)C(=O)NC(CC(=O)O)C(=O)NC(Cc1c[nH]c2ccccc12)C(=O)NC(CC(N)=O)C(=O)O. The average Bonchev–Trinajstić information content (AvgIpc) is 3.24. The van der Waals surface area contributed by atoms with Gasteiger partial charge in [0.15, 0.2) is 0 Å². The summed E-state index contributed by atoms with van der Waals surface area (Å²) in [5, 5.41) is 26.3. The molecule has 0 saturated carbocycles. The zero-order valence-corrected chi connectivity index (χ0v) is 20.9. The minimum Gasteiger partial charge on any atom is -0.481 e. The standard InChI is InChI=1S/C24H32N6O8/c1-11(2)20(26)23(36)29-16(9-19(32)33)22(35)28-15(21(34)30-17(24(37)38)8-18(25)31)7-12-10-27-14-6-4-3-5-13(12)14/h3-6,10-11,15-17,20,27H,7-9,26H2,1-2H3,(H2,25,31)(H,28,35)(H,29,36)(H,30,34)(H,32,33)(H,37,38). The number of carbonyl (C=O) groups excluding carboxylic acids is 4. The molecule has 2 aromatic rings. The molecule has 14 nitrogen and oxygen atoms in total. The number of carbonyl (C=O) groups is 6. The Kier molecular flexibility index (Phi) is 10.3. The lowest BCUT2D eigenvalue weighted by Gasteiger charge is -2.25. The first-order valence-corrected chi connectivity index (χ1v) is 11.7. The molecule has 2 rings (SSSR count). The lowest BCUT2D eigenvalue weighted by molar-refractivity contribution is -0.144. The van der Waals surface area contributed by atoms with Gasteiger partial charge in [-0.2, -0.15) is 0 Å². The Bertz CT molecular complexity index is 1210. The molecule has 0 radical (unpaired) electrons. The molecule has 1 aromatic heterocycles. The summed E-state index contributed by atoms with van der Waals surface area (Å²) in [6, 6.07) is 1.43. The number of aromatic amines is 1. The first kappa shape index (κ1) is 29.8. The van der Waals surface area contributed by atoms with Gasteiger partial charge in [-0.3, -0.25) is 24.0 Å². The van der Waals surface area contributed by atoms with Crippen molar-refractivity contribution in [1.29, 1.82) is 0 Å². The smallest absolute Gasteiger partial charge is 0.326 e. The lowest BCUT2D eigenvalue weighted by atomic mass is 10.0. The number of primary amides is 1. The third kappa shape index (κ3) is 8.30. The first-order chi connectivity index (χ1) is 17.8. The molecule has 0 aliphatic carbocycles. The zero-order valence-electron chi connectivity index (χ0n) is 20.9. The van der Waals surface area contributed by atoms with Crippen LogP contribution in [0.2, 0.25) is 0 Å². The van der Waals surface area contributed by atoms with Gasteiger partial charge in [-0.25, -0.2) is 4.79 Å². The number of hydrogen-bond acceptors (Lipinski definition) is 7. The van der Waals surface area contributed by atoms with E-state index in [0.29, 0.717) is 5.56 Å². The highest BCUT2D eigenvalue weighted by Gasteiger charge is 2.32. The van der Waals surface area contributed by atoms with Crippen LogP contribution in [0.5, 0.6) is 0 Å². The van der Waals surface area contributed by atoms with E-state index in [4.69, 9.17) is 11.5 Å². The van der Waals surface area contributed by atoms with Crippen LogP contribution in [0.1, 0.15) is 32.3 Å². The summed E-state index contributed by atoms with van der Waals surface area (Å²) < 4.78 is 0. The van der Waals surface area contributed by atoms with E-state index in [1.54, 1.807) is 44.3 Å². The Hall–Kier alpha value is -4.46. The number of nitrogens with one attached hydrogen (secondary N) is 4. The van der Waals surface area contributed by atoms with Crippen LogP contribution in [0, 0.1) is 5.92 Å². The van der Waals surface area contributed by atoms with Crippen molar-refractivity contribution < 1.29 is 39.0 Å². The second-order valence-electron chi connectivity index (χ2n) is 9.12. The average molecular weight is 533 g/mol. The molecule has 0 fully saturated rings. The number of H-pyrrole nitrogens is 1. The van der Waals surface area contributed by atoms with Crippen molar-refractivity contribution in [1.82, 2.24) is 20.9 Å². The molecule has 1 aromatic carbocycles. The van der Waals surface area contributed by atoms with Gasteiger partial charge in [0.2, 0.25) is 23.6 Å². The summed E-state index contributed by atoms with van der Waals surface area (Å²) in [4.78, 5) is 75.9. The number of amides is 4. The predicted octanol–water partition coefficient (Wildman–Crippen LogP) is -1.42. The zero-order chi connectivity index (χ0) is 28.6. The molecule has 4 unspecified atom stereocenters. The van der Waals surface area contributed by atoms with Crippen molar-refractivity contribution in [3.63, 3.8) is 0 Å². The summed E-state index contributed by atoms with van der Waals surface area (Å²) in [7, 11) is 0. The number of fused-ring (bicyclic) bond motifs is 1. The molecule has 0 aliphatic heterocycles. The molecule has 0 saturated heterocycles. The van der Waals surface area contributed by atoms with E-state index < -0.39 is 72.6 Å². The predicted molar refractivity (Wildman–Crippen MR) is 134 cm³/mol. The molecule has 1 heterocycles. The van der Waals surface area contributed by atoms with E-state index in [1.165, 1.54) is 0 Å². The molecule has 4 atom stereocenters. The summed E-state index contributed by atoms with van der Waals surface area (Å²) >= 11 is 0. The summed E-state index contributed by atoms with van der Waals surface area (Å²) in [6.45, 7) is 3.34. The number of rotatable bonds is 14. The van der Waals surface area contributed by atoms with Crippen LogP contribution >= 0.6 is 0 Å². The molecule has 38 heavy (non-hydrogen) atoms. The van der Waals surface area contributed by atoms with Gasteiger partial charge in [0.1, 0.15) is 18.1 Å². The molecule has 206 valence electrons. The number of carboxylic acid groups (broad SMARTS) is 2. The Morgan fingerprint density at radius 3 is 2.03 bits per heavy atom. The summed E-state index contributed by atoms with van der Waals surface area (Å²) in [5.74, 6) is -6.91. The van der Waals surface area contributed by atoms with Crippen molar-refractivity contribution in [3.8, 4) is 0 Å². The Morgan fingerprint density at radius 1 is 0.868 bits per heavy atom. The van der Waals surface area contributed by atoms with E-state index in [-0.39, 0.29) is 12.3 Å². The number of benzene rings is 1. The molecular weight excluding hydrogens is 500 g/mol. The van der Waals surface area contributed by atoms with Gasteiger partial charge >= 0.3 is 11.9 Å². The van der Waals surface area contributed by atoms with Gasteiger partial charge in [-0.15, -0.1) is 0 Å². The Balaban J connectivity index is 2.35. The van der Waals surface area contributed by atoms with Crippen LogP contribution < -0.4 is 27.4 Å².